The van der Waals surface area contributed by atoms with Gasteiger partial charge in [-0.15, -0.1) is 0 Å². The molecular weight excluding hydrogens is 214 g/mol. The molecule has 0 amide bonds. The Morgan fingerprint density at radius 3 is 2.33 bits per heavy atom. The lowest BCUT2D eigenvalue weighted by atomic mass is 10.0. The van der Waals surface area contributed by atoms with E-state index in [-0.39, 0.29) is 0 Å². The number of hydrogen-bond donors (Lipinski definition) is 0. The quantitative estimate of drug-likeness (QED) is 0.663. The minimum atomic E-state index is 0.757. The maximum absolute atomic E-state index is 8.87. The number of rotatable bonds is 0. The van der Waals surface area contributed by atoms with Crippen LogP contribution >= 0.6 is 15.9 Å². The van der Waals surface area contributed by atoms with Crippen LogP contribution < -0.4 is 0 Å². The molecule has 1 aromatic rings. The van der Waals surface area contributed by atoms with Crippen LogP contribution in [0, 0.1) is 32.1 Å². The first-order chi connectivity index (χ1) is 5.57. The van der Waals surface area contributed by atoms with Gasteiger partial charge >= 0.3 is 0 Å². The lowest BCUT2D eigenvalue weighted by molar-refractivity contribution is 1.25. The zero-order valence-corrected chi connectivity index (χ0v) is 8.99. The van der Waals surface area contributed by atoms with E-state index in [1.54, 1.807) is 0 Å². The minimum Gasteiger partial charge on any atom is -0.192 e. The maximum atomic E-state index is 8.87. The van der Waals surface area contributed by atoms with E-state index in [1.165, 1.54) is 5.56 Å². The Bertz CT molecular complexity index is 335. The molecule has 0 fully saturated rings. The molecule has 0 aliphatic carbocycles. The molecule has 62 valence electrons. The zero-order chi connectivity index (χ0) is 9.30. The van der Waals surface area contributed by atoms with E-state index in [0.29, 0.717) is 0 Å². The second-order valence-corrected chi connectivity index (χ2v) is 3.73. The zero-order valence-electron chi connectivity index (χ0n) is 7.40. The van der Waals surface area contributed by atoms with E-state index in [0.717, 1.165) is 21.2 Å². The third kappa shape index (κ3) is 1.37. The molecule has 0 aliphatic heterocycles. The number of nitriles is 1. The summed E-state index contributed by atoms with van der Waals surface area (Å²) in [7, 11) is 0. The van der Waals surface area contributed by atoms with Gasteiger partial charge in [0.25, 0.3) is 0 Å². The normalized spacial score (nSPS) is 9.58. The van der Waals surface area contributed by atoms with Crippen LogP contribution in [0.5, 0.6) is 0 Å². The van der Waals surface area contributed by atoms with Crippen LogP contribution in [0.4, 0.5) is 0 Å². The van der Waals surface area contributed by atoms with Crippen molar-refractivity contribution in [2.24, 2.45) is 0 Å². The summed E-state index contributed by atoms with van der Waals surface area (Å²) in [5.41, 5.74) is 4.12. The smallest absolute Gasteiger partial charge is 0.101 e. The fourth-order valence-electron chi connectivity index (χ4n) is 1.19. The van der Waals surface area contributed by atoms with Gasteiger partial charge < -0.3 is 0 Å². The Morgan fingerprint density at radius 1 is 1.25 bits per heavy atom. The number of hydrogen-bond acceptors (Lipinski definition) is 1. The van der Waals surface area contributed by atoms with Gasteiger partial charge in [-0.25, -0.2) is 0 Å². The number of aryl methyl sites for hydroxylation is 2. The highest BCUT2D eigenvalue weighted by Crippen LogP contribution is 2.26. The topological polar surface area (TPSA) is 23.8 Å². The minimum absolute atomic E-state index is 0.757. The largest absolute Gasteiger partial charge is 0.192 e. The van der Waals surface area contributed by atoms with Crippen molar-refractivity contribution in [1.29, 1.82) is 5.26 Å². The summed E-state index contributed by atoms with van der Waals surface area (Å²) >= 11 is 3.40. The van der Waals surface area contributed by atoms with Crippen LogP contribution in [0.1, 0.15) is 22.3 Å². The molecular formula is C10H10BrN. The molecule has 0 bridgehead atoms. The molecule has 0 unspecified atom stereocenters. The van der Waals surface area contributed by atoms with Crippen molar-refractivity contribution < 1.29 is 0 Å². The average molecular weight is 224 g/mol. The van der Waals surface area contributed by atoms with E-state index >= 15 is 0 Å². The highest BCUT2D eigenvalue weighted by atomic mass is 79.9. The molecule has 0 N–H and O–H groups in total. The molecule has 0 atom stereocenters. The standard InChI is InChI=1S/C10H10BrN/c1-6-4-7(2)10(11)9(5-12)8(6)3/h4H,1-3H3. The van der Waals surface area contributed by atoms with Gasteiger partial charge in [0.15, 0.2) is 0 Å². The number of nitrogens with zero attached hydrogens (tertiary/aromatic N) is 1. The monoisotopic (exact) mass is 223 g/mol. The molecule has 0 aliphatic rings. The van der Waals surface area contributed by atoms with E-state index in [1.807, 2.05) is 20.8 Å². The van der Waals surface area contributed by atoms with Crippen LogP contribution in [0.25, 0.3) is 0 Å². The van der Waals surface area contributed by atoms with Crippen molar-refractivity contribution in [3.63, 3.8) is 0 Å². The third-order valence-electron chi connectivity index (χ3n) is 2.08. The molecule has 0 aromatic heterocycles. The van der Waals surface area contributed by atoms with Gasteiger partial charge in [-0.2, -0.15) is 5.26 Å². The van der Waals surface area contributed by atoms with Gasteiger partial charge in [0, 0.05) is 4.47 Å². The van der Waals surface area contributed by atoms with Gasteiger partial charge in [-0.1, -0.05) is 6.07 Å². The van der Waals surface area contributed by atoms with Gasteiger partial charge in [-0.3, -0.25) is 0 Å². The first-order valence-corrected chi connectivity index (χ1v) is 4.53. The predicted octanol–water partition coefficient (Wildman–Crippen LogP) is 3.25. The summed E-state index contributed by atoms with van der Waals surface area (Å²) < 4.78 is 0.924. The van der Waals surface area contributed by atoms with Gasteiger partial charge in [0.1, 0.15) is 6.07 Å². The molecule has 0 saturated carbocycles. The Balaban J connectivity index is 3.56. The van der Waals surface area contributed by atoms with E-state index in [9.17, 15) is 0 Å². The summed E-state index contributed by atoms with van der Waals surface area (Å²) in [5, 5.41) is 8.87. The van der Waals surface area contributed by atoms with Crippen LogP contribution in [0.2, 0.25) is 0 Å². The molecule has 0 heterocycles. The Morgan fingerprint density at radius 2 is 1.83 bits per heavy atom. The molecule has 2 heteroatoms. The van der Waals surface area contributed by atoms with Crippen LogP contribution in [-0.4, -0.2) is 0 Å². The molecule has 0 spiro atoms. The Labute approximate surface area is 81.2 Å². The molecule has 1 aromatic carbocycles. The molecule has 12 heavy (non-hydrogen) atoms. The summed E-state index contributed by atoms with van der Waals surface area (Å²) in [6.07, 6.45) is 0. The Kier molecular flexibility index (Phi) is 2.54. The highest BCUT2D eigenvalue weighted by molar-refractivity contribution is 9.10. The fraction of sp³-hybridized carbons (Fsp3) is 0.300. The van der Waals surface area contributed by atoms with Crippen molar-refractivity contribution in [2.45, 2.75) is 20.8 Å². The summed E-state index contributed by atoms with van der Waals surface area (Å²) in [6, 6.07) is 4.28. The summed E-state index contributed by atoms with van der Waals surface area (Å²) in [5.74, 6) is 0. The van der Waals surface area contributed by atoms with Gasteiger partial charge in [-0.05, 0) is 53.4 Å². The van der Waals surface area contributed by atoms with E-state index in [2.05, 4.69) is 28.1 Å². The lowest BCUT2D eigenvalue weighted by Crippen LogP contribution is -1.91. The van der Waals surface area contributed by atoms with Crippen molar-refractivity contribution in [1.82, 2.24) is 0 Å². The lowest BCUT2D eigenvalue weighted by Gasteiger charge is -2.07. The first kappa shape index (κ1) is 9.28. The van der Waals surface area contributed by atoms with E-state index < -0.39 is 0 Å². The van der Waals surface area contributed by atoms with Crippen LogP contribution in [-0.2, 0) is 0 Å². The highest BCUT2D eigenvalue weighted by Gasteiger charge is 2.07. The van der Waals surface area contributed by atoms with Crippen LogP contribution in [0.15, 0.2) is 10.5 Å². The van der Waals surface area contributed by atoms with Crippen molar-refractivity contribution >= 4 is 15.9 Å². The van der Waals surface area contributed by atoms with Crippen molar-refractivity contribution in [3.8, 4) is 6.07 Å². The third-order valence-corrected chi connectivity index (χ3v) is 3.10. The summed E-state index contributed by atoms with van der Waals surface area (Å²) in [6.45, 7) is 5.99. The second kappa shape index (κ2) is 3.28. The SMILES string of the molecule is Cc1cc(C)c(Br)c(C#N)c1C. The molecule has 0 radical (unpaired) electrons. The molecule has 1 nitrogen and oxygen atoms in total. The molecule has 1 rings (SSSR count). The molecule has 0 saturated heterocycles. The first-order valence-electron chi connectivity index (χ1n) is 3.74. The van der Waals surface area contributed by atoms with E-state index in [4.69, 9.17) is 5.26 Å². The van der Waals surface area contributed by atoms with Gasteiger partial charge in [0.2, 0.25) is 0 Å². The maximum Gasteiger partial charge on any atom is 0.101 e. The van der Waals surface area contributed by atoms with Crippen molar-refractivity contribution in [2.75, 3.05) is 0 Å². The Hall–Kier alpha value is -0.810. The summed E-state index contributed by atoms with van der Waals surface area (Å²) in [4.78, 5) is 0. The predicted molar refractivity (Wildman–Crippen MR) is 53.1 cm³/mol. The van der Waals surface area contributed by atoms with Gasteiger partial charge in [0.05, 0.1) is 5.56 Å². The number of halogens is 1. The second-order valence-electron chi connectivity index (χ2n) is 2.94. The number of benzene rings is 1. The fourth-order valence-corrected chi connectivity index (χ4v) is 1.69. The van der Waals surface area contributed by atoms with Crippen LogP contribution in [0.3, 0.4) is 0 Å². The van der Waals surface area contributed by atoms with Crippen molar-refractivity contribution in [3.05, 3.63) is 32.8 Å². The average Bonchev–Trinajstić information content (AvgIpc) is 2.02.